The van der Waals surface area contributed by atoms with Gasteiger partial charge in [-0.15, -0.1) is 0 Å². The smallest absolute Gasteiger partial charge is 0.298 e. The molecule has 10 heteroatoms. The van der Waals surface area contributed by atoms with Crippen LogP contribution in [0.15, 0.2) is 67.0 Å². The lowest BCUT2D eigenvalue weighted by Gasteiger charge is -2.45. The second kappa shape index (κ2) is 10.5. The Bertz CT molecular complexity index is 1650. The first kappa shape index (κ1) is 26.1. The highest BCUT2D eigenvalue weighted by atomic mass is 16.5. The first-order chi connectivity index (χ1) is 20.4. The Morgan fingerprint density at radius 1 is 0.976 bits per heavy atom. The molecule has 214 valence electrons. The molecule has 1 amide bonds. The summed E-state index contributed by atoms with van der Waals surface area (Å²) in [5.74, 6) is 0.150. The molecule has 2 fully saturated rings. The molecule has 1 saturated carbocycles. The van der Waals surface area contributed by atoms with E-state index in [1.165, 1.54) is 12.8 Å². The highest BCUT2D eigenvalue weighted by Crippen LogP contribution is 2.38. The maximum Gasteiger partial charge on any atom is 0.298 e. The summed E-state index contributed by atoms with van der Waals surface area (Å²) < 4.78 is 7.92. The molecule has 2 aromatic carbocycles. The zero-order valence-electron chi connectivity index (χ0n) is 23.7. The number of nitrogens with one attached hydrogen (secondary N) is 2. The number of carbonyl (C=O) groups is 2. The van der Waals surface area contributed by atoms with E-state index >= 15 is 0 Å². The second-order valence-electron chi connectivity index (χ2n) is 11.2. The van der Waals surface area contributed by atoms with Crippen molar-refractivity contribution < 1.29 is 14.3 Å². The Morgan fingerprint density at radius 3 is 2.52 bits per heavy atom. The van der Waals surface area contributed by atoms with Crippen LogP contribution in [0.25, 0.3) is 11.1 Å². The predicted molar refractivity (Wildman–Crippen MR) is 163 cm³/mol. The van der Waals surface area contributed by atoms with Crippen molar-refractivity contribution in [2.45, 2.75) is 31.8 Å². The van der Waals surface area contributed by atoms with Crippen LogP contribution in [-0.2, 0) is 11.8 Å². The van der Waals surface area contributed by atoms with Crippen LogP contribution in [0, 0.1) is 6.92 Å². The molecule has 3 aliphatic rings. The van der Waals surface area contributed by atoms with E-state index < -0.39 is 11.7 Å². The molecule has 1 atom stereocenters. The number of anilines is 4. The van der Waals surface area contributed by atoms with Gasteiger partial charge in [-0.3, -0.25) is 9.59 Å². The van der Waals surface area contributed by atoms with Gasteiger partial charge in [0.05, 0.1) is 29.8 Å². The largest absolute Gasteiger partial charge is 0.489 e. The maximum absolute atomic E-state index is 13.4. The summed E-state index contributed by atoms with van der Waals surface area (Å²) in [6.07, 6.45) is 6.15. The average molecular weight is 564 g/mol. The number of benzene rings is 2. The van der Waals surface area contributed by atoms with Crippen molar-refractivity contribution in [1.29, 1.82) is 0 Å². The molecule has 2 N–H and O–H groups in total. The number of piperazine rings is 1. The van der Waals surface area contributed by atoms with E-state index in [1.807, 2.05) is 67.8 Å². The van der Waals surface area contributed by atoms with Gasteiger partial charge in [-0.25, -0.2) is 9.97 Å². The number of rotatable bonds is 7. The number of hydrogen-bond acceptors (Lipinski definition) is 8. The van der Waals surface area contributed by atoms with E-state index in [0.717, 1.165) is 53.8 Å². The van der Waals surface area contributed by atoms with Crippen molar-refractivity contribution >= 4 is 34.7 Å². The van der Waals surface area contributed by atoms with Crippen LogP contribution in [-0.4, -0.2) is 64.6 Å². The van der Waals surface area contributed by atoms with E-state index in [1.54, 1.807) is 17.7 Å². The number of nitrogens with zero attached hydrogens (tertiary/aromatic N) is 5. The summed E-state index contributed by atoms with van der Waals surface area (Å²) in [6.45, 7) is 4.76. The van der Waals surface area contributed by atoms with Gasteiger partial charge in [0.15, 0.2) is 0 Å². The van der Waals surface area contributed by atoms with Crippen LogP contribution >= 0.6 is 0 Å². The minimum absolute atomic E-state index is 0.151. The molecule has 1 saturated heterocycles. The zero-order chi connectivity index (χ0) is 28.8. The van der Waals surface area contributed by atoms with Gasteiger partial charge >= 0.3 is 0 Å². The molecule has 10 nitrogen and oxygen atoms in total. The molecule has 2 aliphatic heterocycles. The molecule has 4 aromatic rings. The summed E-state index contributed by atoms with van der Waals surface area (Å²) in [5, 5.41) is 6.22. The van der Waals surface area contributed by atoms with E-state index in [9.17, 15) is 9.59 Å². The summed E-state index contributed by atoms with van der Waals surface area (Å²) in [5.41, 5.74) is 5.36. The molecule has 0 radical (unpaired) electrons. The molecule has 0 unspecified atom stereocenters. The number of hydrogen-bond donors (Lipinski definition) is 2. The lowest BCUT2D eigenvalue weighted by atomic mass is 10.0. The second-order valence-corrected chi connectivity index (χ2v) is 11.2. The fraction of sp³-hybridized carbons (Fsp3) is 0.312. The maximum atomic E-state index is 13.4. The predicted octanol–water partition coefficient (Wildman–Crippen LogP) is 4.27. The normalized spacial score (nSPS) is 17.6. The van der Waals surface area contributed by atoms with Crippen LogP contribution in [0.5, 0.6) is 5.75 Å². The van der Waals surface area contributed by atoms with Crippen LogP contribution in [0.1, 0.15) is 29.0 Å². The molecule has 7 rings (SSSR count). The lowest BCUT2D eigenvalue weighted by molar-refractivity contribution is -0.112. The Balaban J connectivity index is 1.03. The van der Waals surface area contributed by atoms with Crippen molar-refractivity contribution in [3.63, 3.8) is 0 Å². The van der Waals surface area contributed by atoms with Crippen LogP contribution in [0.2, 0.25) is 0 Å². The molecule has 4 heterocycles. The van der Waals surface area contributed by atoms with Crippen LogP contribution < -0.4 is 25.2 Å². The summed E-state index contributed by atoms with van der Waals surface area (Å²) in [4.78, 5) is 40.3. The number of Topliss-reactive ketones (excluding diaryl/α,β-unsaturated/α-hetero) is 1. The Kier molecular flexibility index (Phi) is 6.53. The van der Waals surface area contributed by atoms with E-state index in [-0.39, 0.29) is 6.04 Å². The average Bonchev–Trinajstić information content (AvgIpc) is 3.79. The third-order valence-electron chi connectivity index (χ3n) is 8.29. The van der Waals surface area contributed by atoms with Gasteiger partial charge in [-0.1, -0.05) is 30.3 Å². The van der Waals surface area contributed by atoms with Gasteiger partial charge in [0.25, 0.3) is 11.7 Å². The Morgan fingerprint density at radius 2 is 1.76 bits per heavy atom. The Hall–Kier alpha value is -4.86. The van der Waals surface area contributed by atoms with Crippen LogP contribution in [0.3, 0.4) is 0 Å². The van der Waals surface area contributed by atoms with Gasteiger partial charge in [-0.2, -0.15) is 0 Å². The fourth-order valence-corrected chi connectivity index (χ4v) is 5.79. The lowest BCUT2D eigenvalue weighted by Crippen LogP contribution is -2.57. The van der Waals surface area contributed by atoms with Gasteiger partial charge in [-0.05, 0) is 43.5 Å². The number of ether oxygens (including phenoxy) is 1. The van der Waals surface area contributed by atoms with Crippen molar-refractivity contribution in [3.05, 3.63) is 78.4 Å². The summed E-state index contributed by atoms with van der Waals surface area (Å²) >= 11 is 0. The van der Waals surface area contributed by atoms with Gasteiger partial charge in [0.2, 0.25) is 5.95 Å². The number of carbonyl (C=O) groups excluding carboxylic acids is 2. The molecule has 42 heavy (non-hydrogen) atoms. The van der Waals surface area contributed by atoms with E-state index in [2.05, 4.69) is 30.4 Å². The van der Waals surface area contributed by atoms with Crippen molar-refractivity contribution in [2.24, 2.45) is 7.05 Å². The monoisotopic (exact) mass is 563 g/mol. The molecular weight excluding hydrogens is 530 g/mol. The number of aromatic nitrogens is 3. The van der Waals surface area contributed by atoms with Gasteiger partial charge < -0.3 is 29.7 Å². The van der Waals surface area contributed by atoms with E-state index in [4.69, 9.17) is 4.74 Å². The fourth-order valence-electron chi connectivity index (χ4n) is 5.79. The third kappa shape index (κ3) is 4.93. The van der Waals surface area contributed by atoms with Crippen molar-refractivity contribution in [2.75, 3.05) is 46.7 Å². The highest BCUT2D eigenvalue weighted by molar-refractivity contribution is 6.47. The third-order valence-corrected chi connectivity index (χ3v) is 8.29. The standard InChI is InChI=1S/C32H33N7O3/c1-20-14-26(21-6-4-3-5-7-21)29(37(20)2)30(40)31(41)36-23-10-11-27-28(15-23)42-19-25-18-38(12-13-39(25)27)32-33-16-24(17-34-32)35-22-8-9-22/h3-7,10-11,14-17,22,25,35H,8-9,12-13,18-19H2,1-2H3,(H,36,41)/t25-/m1/s1. The molecular formula is C32H33N7O3. The molecule has 0 spiro atoms. The van der Waals surface area contributed by atoms with Gasteiger partial charge in [0.1, 0.15) is 18.1 Å². The number of fused-ring (bicyclic) bond motifs is 3. The molecule has 1 aliphatic carbocycles. The first-order valence-electron chi connectivity index (χ1n) is 14.4. The minimum Gasteiger partial charge on any atom is -0.489 e. The number of ketones is 1. The highest BCUT2D eigenvalue weighted by Gasteiger charge is 2.34. The first-order valence-corrected chi connectivity index (χ1v) is 14.4. The number of aryl methyl sites for hydroxylation is 1. The Labute approximate surface area is 244 Å². The van der Waals surface area contributed by atoms with Crippen molar-refractivity contribution in [3.8, 4) is 16.9 Å². The van der Waals surface area contributed by atoms with Crippen molar-refractivity contribution in [1.82, 2.24) is 14.5 Å². The van der Waals surface area contributed by atoms with E-state index in [0.29, 0.717) is 29.8 Å². The molecule has 2 aromatic heterocycles. The topological polar surface area (TPSA) is 105 Å². The minimum atomic E-state index is -0.686. The van der Waals surface area contributed by atoms with Gasteiger partial charge in [0, 0.05) is 55.7 Å². The van der Waals surface area contributed by atoms with Crippen LogP contribution in [0.4, 0.5) is 23.0 Å². The zero-order valence-corrected chi connectivity index (χ0v) is 23.7. The SMILES string of the molecule is Cc1cc(-c2ccccc2)c(C(=O)C(=O)Nc2ccc3c(c2)OC[C@H]2CN(c4ncc(NC5CC5)cn4)CCN32)n1C. The molecule has 0 bridgehead atoms. The quantitative estimate of drug-likeness (QED) is 0.254. The summed E-state index contributed by atoms with van der Waals surface area (Å²) in [6, 6.07) is 17.9. The number of amides is 1. The summed E-state index contributed by atoms with van der Waals surface area (Å²) in [7, 11) is 1.80.